The summed E-state index contributed by atoms with van der Waals surface area (Å²) in [6.07, 6.45) is 11.1. The Kier molecular flexibility index (Phi) is 5.43. The first-order valence-electron chi connectivity index (χ1n) is 11.8. The number of nitrogen functional groups attached to an aromatic ring is 1. The molecule has 0 radical (unpaired) electrons. The molecule has 2 aliphatic carbocycles. The van der Waals surface area contributed by atoms with Gasteiger partial charge in [-0.05, 0) is 46.1 Å². The molecule has 3 fully saturated rings. The van der Waals surface area contributed by atoms with Crippen LogP contribution in [0.2, 0.25) is 0 Å². The second-order valence-corrected chi connectivity index (χ2v) is 10.3. The van der Waals surface area contributed by atoms with Gasteiger partial charge in [0.25, 0.3) is 0 Å². The van der Waals surface area contributed by atoms with Crippen molar-refractivity contribution in [2.45, 2.75) is 89.4 Å². The summed E-state index contributed by atoms with van der Waals surface area (Å²) in [5.41, 5.74) is 7.45. The van der Waals surface area contributed by atoms with Crippen molar-refractivity contribution in [3.63, 3.8) is 0 Å². The average Bonchev–Trinajstić information content (AvgIpc) is 3.33. The number of hydrogen-bond donors (Lipinski definition) is 1. The summed E-state index contributed by atoms with van der Waals surface area (Å²) in [6.45, 7) is 7.34. The van der Waals surface area contributed by atoms with Crippen LogP contribution in [0.3, 0.4) is 0 Å². The summed E-state index contributed by atoms with van der Waals surface area (Å²) < 4.78 is 14.9. The fourth-order valence-corrected chi connectivity index (χ4v) is 5.93. The van der Waals surface area contributed by atoms with Crippen LogP contribution < -0.4 is 5.73 Å². The number of nitrogens with zero attached hydrogens (tertiary/aromatic N) is 5. The lowest BCUT2D eigenvalue weighted by atomic mass is 9.76. The standard InChI is InChI=1S/C23H36N6O2/c1-5-6-7-14-8-16(9-14)28(4)11-15-10-17(20-19(15)30-23(2,3)31-20)29-13-27-18-21(24)25-12-26-22(18)29/h12-17,19-20H,5-11H2,1-4H3,(H2,24,25,26)/t14?,15-,16?,17-,19-,20+/m1/s1. The normalized spacial score (nSPS) is 34.4. The second-order valence-electron chi connectivity index (χ2n) is 10.3. The van der Waals surface area contributed by atoms with Crippen molar-refractivity contribution in [3.05, 3.63) is 12.7 Å². The number of fused-ring (bicyclic) bond motifs is 2. The van der Waals surface area contributed by atoms with Crippen LogP contribution in [0.15, 0.2) is 12.7 Å². The molecule has 0 bridgehead atoms. The first kappa shape index (κ1) is 21.1. The highest BCUT2D eigenvalue weighted by molar-refractivity contribution is 5.81. The molecule has 2 aromatic heterocycles. The molecule has 8 heteroatoms. The molecule has 5 rings (SSSR count). The van der Waals surface area contributed by atoms with Crippen molar-refractivity contribution < 1.29 is 9.47 Å². The zero-order valence-electron chi connectivity index (χ0n) is 19.2. The lowest BCUT2D eigenvalue weighted by molar-refractivity contribution is -0.161. The Bertz CT molecular complexity index is 924. The van der Waals surface area contributed by atoms with Crippen molar-refractivity contribution in [3.8, 4) is 0 Å². The van der Waals surface area contributed by atoms with Crippen LogP contribution in [-0.4, -0.2) is 62.0 Å². The molecule has 4 atom stereocenters. The Morgan fingerprint density at radius 1 is 1.16 bits per heavy atom. The Balaban J connectivity index is 1.32. The molecule has 31 heavy (non-hydrogen) atoms. The molecule has 1 saturated heterocycles. The van der Waals surface area contributed by atoms with E-state index < -0.39 is 5.79 Å². The van der Waals surface area contributed by atoms with Crippen molar-refractivity contribution in [2.75, 3.05) is 19.3 Å². The van der Waals surface area contributed by atoms with Gasteiger partial charge in [0, 0.05) is 18.5 Å². The van der Waals surface area contributed by atoms with Gasteiger partial charge in [-0.25, -0.2) is 15.0 Å². The molecule has 0 spiro atoms. The van der Waals surface area contributed by atoms with Crippen molar-refractivity contribution in [1.82, 2.24) is 24.4 Å². The minimum atomic E-state index is -0.572. The van der Waals surface area contributed by atoms with E-state index in [2.05, 4.69) is 38.4 Å². The number of rotatable bonds is 7. The predicted octanol–water partition coefficient (Wildman–Crippen LogP) is 3.39. The van der Waals surface area contributed by atoms with E-state index in [1.54, 1.807) is 0 Å². The van der Waals surface area contributed by atoms with Gasteiger partial charge in [0.1, 0.15) is 17.9 Å². The minimum Gasteiger partial charge on any atom is -0.382 e. The maximum absolute atomic E-state index is 6.42. The number of nitrogens with two attached hydrogens (primary N) is 1. The molecule has 2 saturated carbocycles. The predicted molar refractivity (Wildman–Crippen MR) is 119 cm³/mol. The smallest absolute Gasteiger partial charge is 0.165 e. The van der Waals surface area contributed by atoms with Gasteiger partial charge in [-0.2, -0.15) is 0 Å². The molecule has 3 heterocycles. The van der Waals surface area contributed by atoms with Gasteiger partial charge < -0.3 is 24.7 Å². The molecule has 3 aliphatic rings. The lowest BCUT2D eigenvalue weighted by Crippen LogP contribution is -2.45. The fourth-order valence-electron chi connectivity index (χ4n) is 5.93. The van der Waals surface area contributed by atoms with Crippen molar-refractivity contribution in [2.24, 2.45) is 11.8 Å². The Morgan fingerprint density at radius 3 is 2.71 bits per heavy atom. The van der Waals surface area contributed by atoms with Crippen LogP contribution in [0.5, 0.6) is 0 Å². The summed E-state index contributed by atoms with van der Waals surface area (Å²) in [6, 6.07) is 0.833. The zero-order chi connectivity index (χ0) is 21.8. The minimum absolute atomic E-state index is 0.0133. The molecular formula is C23H36N6O2. The molecule has 170 valence electrons. The van der Waals surface area contributed by atoms with E-state index in [1.165, 1.54) is 38.4 Å². The van der Waals surface area contributed by atoms with Crippen LogP contribution in [0.25, 0.3) is 11.2 Å². The maximum Gasteiger partial charge on any atom is 0.165 e. The van der Waals surface area contributed by atoms with E-state index in [1.807, 2.05) is 20.2 Å². The highest BCUT2D eigenvalue weighted by Gasteiger charge is 2.55. The van der Waals surface area contributed by atoms with Gasteiger partial charge >= 0.3 is 0 Å². The van der Waals surface area contributed by atoms with Gasteiger partial charge in [0.2, 0.25) is 0 Å². The quantitative estimate of drug-likeness (QED) is 0.723. The third kappa shape index (κ3) is 3.83. The molecule has 2 N–H and O–H groups in total. The van der Waals surface area contributed by atoms with Crippen LogP contribution in [-0.2, 0) is 9.47 Å². The monoisotopic (exact) mass is 428 g/mol. The van der Waals surface area contributed by atoms with E-state index in [0.29, 0.717) is 23.3 Å². The molecule has 2 aromatic rings. The lowest BCUT2D eigenvalue weighted by Gasteiger charge is -2.42. The SMILES string of the molecule is CCCCC1CC(N(C)C[C@H]2C[C@@H](n3cnc4c(N)ncnc43)[C@@H]3OC(C)(C)O[C@H]23)C1. The number of aromatic nitrogens is 4. The number of hydrogen-bond acceptors (Lipinski definition) is 7. The molecule has 0 amide bonds. The number of unbranched alkanes of at least 4 members (excludes halogenated alkanes) is 1. The Morgan fingerprint density at radius 2 is 1.94 bits per heavy atom. The largest absolute Gasteiger partial charge is 0.382 e. The van der Waals surface area contributed by atoms with Crippen LogP contribution in [0.1, 0.15) is 65.3 Å². The first-order valence-corrected chi connectivity index (χ1v) is 11.8. The molecule has 0 unspecified atom stereocenters. The zero-order valence-corrected chi connectivity index (χ0v) is 19.2. The van der Waals surface area contributed by atoms with Gasteiger partial charge in [-0.3, -0.25) is 0 Å². The second kappa shape index (κ2) is 7.98. The van der Waals surface area contributed by atoms with Crippen molar-refractivity contribution >= 4 is 17.0 Å². The van der Waals surface area contributed by atoms with E-state index >= 15 is 0 Å². The third-order valence-electron chi connectivity index (χ3n) is 7.62. The summed E-state index contributed by atoms with van der Waals surface area (Å²) in [7, 11) is 2.28. The van der Waals surface area contributed by atoms with Gasteiger partial charge in [0.15, 0.2) is 17.3 Å². The average molecular weight is 429 g/mol. The van der Waals surface area contributed by atoms with Gasteiger partial charge in [-0.1, -0.05) is 26.2 Å². The topological polar surface area (TPSA) is 91.3 Å². The summed E-state index contributed by atoms with van der Waals surface area (Å²) in [5, 5.41) is 0. The molecule has 1 aliphatic heterocycles. The van der Waals surface area contributed by atoms with Crippen LogP contribution in [0.4, 0.5) is 5.82 Å². The van der Waals surface area contributed by atoms with Crippen LogP contribution in [0, 0.1) is 11.8 Å². The maximum atomic E-state index is 6.42. The Labute approximate surface area is 184 Å². The van der Waals surface area contributed by atoms with E-state index in [0.717, 1.165) is 24.5 Å². The van der Waals surface area contributed by atoms with E-state index in [4.69, 9.17) is 15.2 Å². The summed E-state index contributed by atoms with van der Waals surface area (Å²) in [4.78, 5) is 15.6. The summed E-state index contributed by atoms with van der Waals surface area (Å²) in [5.74, 6) is 1.18. The van der Waals surface area contributed by atoms with Gasteiger partial charge in [0.05, 0.1) is 18.5 Å². The van der Waals surface area contributed by atoms with Crippen molar-refractivity contribution in [1.29, 1.82) is 0 Å². The summed E-state index contributed by atoms with van der Waals surface area (Å²) >= 11 is 0. The van der Waals surface area contributed by atoms with Gasteiger partial charge in [-0.15, -0.1) is 0 Å². The Hall–Kier alpha value is -1.77. The third-order valence-corrected chi connectivity index (χ3v) is 7.62. The highest BCUT2D eigenvalue weighted by atomic mass is 16.8. The number of anilines is 1. The van der Waals surface area contributed by atoms with Crippen LogP contribution >= 0.6 is 0 Å². The number of imidazole rings is 1. The fraction of sp³-hybridized carbons (Fsp3) is 0.783. The first-order chi connectivity index (χ1) is 14.9. The number of ether oxygens (including phenoxy) is 2. The molecule has 8 nitrogen and oxygen atoms in total. The molecule has 0 aromatic carbocycles. The molecular weight excluding hydrogens is 392 g/mol. The van der Waals surface area contributed by atoms with E-state index in [9.17, 15) is 0 Å². The highest BCUT2D eigenvalue weighted by Crippen LogP contribution is 2.48. The van der Waals surface area contributed by atoms with E-state index in [-0.39, 0.29) is 18.2 Å².